The SMILES string of the molecule is NC1CCN(S(=O)(=O)c2ccc3oc(=O)ccc3c2)CC1. The predicted molar refractivity (Wildman–Crippen MR) is 78.5 cm³/mol. The average Bonchev–Trinajstić information content (AvgIpc) is 2.47. The molecule has 0 spiro atoms. The monoisotopic (exact) mass is 308 g/mol. The zero-order chi connectivity index (χ0) is 15.0. The molecule has 1 fully saturated rings. The number of nitrogens with zero attached hydrogens (tertiary/aromatic N) is 1. The number of fused-ring (bicyclic) bond motifs is 1. The summed E-state index contributed by atoms with van der Waals surface area (Å²) in [5.41, 5.74) is 5.73. The lowest BCUT2D eigenvalue weighted by molar-refractivity contribution is 0.320. The fraction of sp³-hybridized carbons (Fsp3) is 0.357. The minimum absolute atomic E-state index is 0.0716. The zero-order valence-electron chi connectivity index (χ0n) is 11.4. The first-order chi connectivity index (χ1) is 9.96. The third-order valence-corrected chi connectivity index (χ3v) is 5.62. The highest BCUT2D eigenvalue weighted by molar-refractivity contribution is 7.89. The molecule has 0 unspecified atom stereocenters. The van der Waals surface area contributed by atoms with E-state index in [1.54, 1.807) is 6.07 Å². The van der Waals surface area contributed by atoms with Gasteiger partial charge >= 0.3 is 5.63 Å². The second-order valence-electron chi connectivity index (χ2n) is 5.20. The third kappa shape index (κ3) is 2.72. The fourth-order valence-electron chi connectivity index (χ4n) is 2.48. The van der Waals surface area contributed by atoms with E-state index in [-0.39, 0.29) is 10.9 Å². The van der Waals surface area contributed by atoms with Crippen molar-refractivity contribution in [3.05, 3.63) is 40.8 Å². The molecular formula is C14H16N2O4S. The Kier molecular flexibility index (Phi) is 3.56. The van der Waals surface area contributed by atoms with E-state index in [9.17, 15) is 13.2 Å². The predicted octanol–water partition coefficient (Wildman–Crippen LogP) is 0.905. The van der Waals surface area contributed by atoms with Crippen molar-refractivity contribution in [2.24, 2.45) is 5.73 Å². The van der Waals surface area contributed by atoms with Crippen molar-refractivity contribution in [2.75, 3.05) is 13.1 Å². The molecule has 0 atom stereocenters. The quantitative estimate of drug-likeness (QED) is 0.832. The highest BCUT2D eigenvalue weighted by Gasteiger charge is 2.28. The summed E-state index contributed by atoms with van der Waals surface area (Å²) in [7, 11) is -3.53. The van der Waals surface area contributed by atoms with Gasteiger partial charge in [0.1, 0.15) is 5.58 Å². The first-order valence-corrected chi connectivity index (χ1v) is 8.20. The zero-order valence-corrected chi connectivity index (χ0v) is 12.2. The Hall–Kier alpha value is -1.70. The molecule has 2 heterocycles. The highest BCUT2D eigenvalue weighted by Crippen LogP contribution is 2.23. The number of sulfonamides is 1. The molecule has 0 aliphatic carbocycles. The molecule has 0 saturated carbocycles. The van der Waals surface area contributed by atoms with Crippen LogP contribution in [-0.2, 0) is 10.0 Å². The van der Waals surface area contributed by atoms with Gasteiger partial charge < -0.3 is 10.2 Å². The van der Waals surface area contributed by atoms with E-state index >= 15 is 0 Å². The largest absolute Gasteiger partial charge is 0.423 e. The molecule has 0 amide bonds. The standard InChI is InChI=1S/C14H16N2O4S/c15-11-5-7-16(8-6-11)21(18,19)12-2-3-13-10(9-12)1-4-14(17)20-13/h1-4,9,11H,5-8,15H2. The summed E-state index contributed by atoms with van der Waals surface area (Å²) >= 11 is 0. The maximum Gasteiger partial charge on any atom is 0.336 e. The van der Waals surface area contributed by atoms with Crippen LogP contribution in [0.4, 0.5) is 0 Å². The van der Waals surface area contributed by atoms with Crippen LogP contribution in [0.15, 0.2) is 44.4 Å². The van der Waals surface area contributed by atoms with Gasteiger partial charge in [-0.05, 0) is 37.1 Å². The normalized spacial score (nSPS) is 18.1. The number of hydrogen-bond acceptors (Lipinski definition) is 5. The second-order valence-corrected chi connectivity index (χ2v) is 7.13. The Morgan fingerprint density at radius 1 is 1.14 bits per heavy atom. The van der Waals surface area contributed by atoms with Crippen LogP contribution in [0.25, 0.3) is 11.0 Å². The molecule has 1 aliphatic rings. The molecule has 2 N–H and O–H groups in total. The number of rotatable bonds is 2. The number of benzene rings is 1. The van der Waals surface area contributed by atoms with Gasteiger partial charge in [0.05, 0.1) is 4.90 Å². The highest BCUT2D eigenvalue weighted by atomic mass is 32.2. The Labute approximate surface area is 122 Å². The Bertz CT molecular complexity index is 820. The molecule has 112 valence electrons. The minimum Gasteiger partial charge on any atom is -0.423 e. The van der Waals surface area contributed by atoms with Crippen molar-refractivity contribution in [2.45, 2.75) is 23.8 Å². The number of hydrogen-bond donors (Lipinski definition) is 1. The van der Waals surface area contributed by atoms with Crippen molar-refractivity contribution >= 4 is 21.0 Å². The van der Waals surface area contributed by atoms with E-state index in [2.05, 4.69) is 0 Å². The van der Waals surface area contributed by atoms with Crippen molar-refractivity contribution < 1.29 is 12.8 Å². The van der Waals surface area contributed by atoms with Gasteiger partial charge in [0.2, 0.25) is 10.0 Å². The van der Waals surface area contributed by atoms with Gasteiger partial charge in [0.15, 0.2) is 0 Å². The molecule has 0 radical (unpaired) electrons. The Balaban J connectivity index is 1.99. The lowest BCUT2D eigenvalue weighted by atomic mass is 10.1. The van der Waals surface area contributed by atoms with E-state index in [4.69, 9.17) is 10.2 Å². The summed E-state index contributed by atoms with van der Waals surface area (Å²) in [6.45, 7) is 0.872. The molecule has 1 aliphatic heterocycles. The van der Waals surface area contributed by atoms with Crippen LogP contribution in [-0.4, -0.2) is 31.9 Å². The lowest BCUT2D eigenvalue weighted by Crippen LogP contribution is -2.42. The Morgan fingerprint density at radius 2 is 1.86 bits per heavy atom. The molecule has 1 aromatic heterocycles. The molecule has 7 heteroatoms. The second kappa shape index (κ2) is 5.25. The van der Waals surface area contributed by atoms with Crippen LogP contribution in [0, 0.1) is 0 Å². The first kappa shape index (κ1) is 14.2. The van der Waals surface area contributed by atoms with Crippen LogP contribution in [0.3, 0.4) is 0 Å². The van der Waals surface area contributed by atoms with E-state index < -0.39 is 15.6 Å². The maximum atomic E-state index is 12.6. The van der Waals surface area contributed by atoms with Gasteiger partial charge in [-0.2, -0.15) is 4.31 Å². The van der Waals surface area contributed by atoms with E-state index in [1.165, 1.54) is 28.6 Å². The molecule has 1 saturated heterocycles. The van der Waals surface area contributed by atoms with Crippen LogP contribution in [0.1, 0.15) is 12.8 Å². The average molecular weight is 308 g/mol. The van der Waals surface area contributed by atoms with E-state index in [0.717, 1.165) is 0 Å². The van der Waals surface area contributed by atoms with Gasteiger partial charge in [0, 0.05) is 30.6 Å². The van der Waals surface area contributed by atoms with Crippen molar-refractivity contribution in [3.8, 4) is 0 Å². The van der Waals surface area contributed by atoms with E-state index in [1.807, 2.05) is 0 Å². The third-order valence-electron chi connectivity index (χ3n) is 3.73. The first-order valence-electron chi connectivity index (χ1n) is 6.76. The van der Waals surface area contributed by atoms with E-state index in [0.29, 0.717) is 36.9 Å². The van der Waals surface area contributed by atoms with Gasteiger partial charge in [-0.25, -0.2) is 13.2 Å². The van der Waals surface area contributed by atoms with Gasteiger partial charge in [-0.15, -0.1) is 0 Å². The summed E-state index contributed by atoms with van der Waals surface area (Å²) in [5, 5.41) is 0.587. The Morgan fingerprint density at radius 3 is 2.57 bits per heavy atom. The summed E-state index contributed by atoms with van der Waals surface area (Å²) in [6.07, 6.45) is 1.34. The van der Waals surface area contributed by atoms with Crippen LogP contribution in [0.5, 0.6) is 0 Å². The minimum atomic E-state index is -3.53. The molecule has 21 heavy (non-hydrogen) atoms. The van der Waals surface area contributed by atoms with Gasteiger partial charge in [-0.3, -0.25) is 0 Å². The van der Waals surface area contributed by atoms with Gasteiger partial charge in [-0.1, -0.05) is 0 Å². The van der Waals surface area contributed by atoms with Crippen molar-refractivity contribution in [1.29, 1.82) is 0 Å². The van der Waals surface area contributed by atoms with Gasteiger partial charge in [0.25, 0.3) is 0 Å². The molecule has 3 rings (SSSR count). The van der Waals surface area contributed by atoms with Crippen molar-refractivity contribution in [1.82, 2.24) is 4.31 Å². The van der Waals surface area contributed by atoms with Crippen LogP contribution in [0.2, 0.25) is 0 Å². The molecule has 2 aromatic rings. The molecule has 6 nitrogen and oxygen atoms in total. The summed E-state index contributed by atoms with van der Waals surface area (Å²) < 4.78 is 31.7. The summed E-state index contributed by atoms with van der Waals surface area (Å²) in [5.74, 6) is 0. The topological polar surface area (TPSA) is 93.6 Å². The number of nitrogens with two attached hydrogens (primary N) is 1. The van der Waals surface area contributed by atoms with Crippen molar-refractivity contribution in [3.63, 3.8) is 0 Å². The maximum absolute atomic E-state index is 12.6. The lowest BCUT2D eigenvalue weighted by Gasteiger charge is -2.29. The van der Waals surface area contributed by atoms with Crippen LogP contribution >= 0.6 is 0 Å². The smallest absolute Gasteiger partial charge is 0.336 e. The fourth-order valence-corrected chi connectivity index (χ4v) is 3.98. The molecular weight excluding hydrogens is 292 g/mol. The number of piperidine rings is 1. The summed E-state index contributed by atoms with van der Waals surface area (Å²) in [4.78, 5) is 11.3. The van der Waals surface area contributed by atoms with Crippen LogP contribution < -0.4 is 11.4 Å². The molecule has 1 aromatic carbocycles. The summed E-state index contributed by atoms with van der Waals surface area (Å²) in [6, 6.07) is 7.42. The molecule has 0 bridgehead atoms.